The summed E-state index contributed by atoms with van der Waals surface area (Å²) in [6, 6.07) is 2.99. The fraction of sp³-hybridized carbons (Fsp3) is 0.429. The van der Waals surface area contributed by atoms with Gasteiger partial charge in [0, 0.05) is 19.0 Å². The minimum Gasteiger partial charge on any atom is -0.310 e. The minimum atomic E-state index is -0.561. The highest BCUT2D eigenvalue weighted by Crippen LogP contribution is 2.33. The summed E-state index contributed by atoms with van der Waals surface area (Å²) in [4.78, 5) is 4.19. The van der Waals surface area contributed by atoms with Gasteiger partial charge in [-0.05, 0) is 29.2 Å². The van der Waals surface area contributed by atoms with Crippen LogP contribution in [0, 0.1) is 11.6 Å². The van der Waals surface area contributed by atoms with E-state index in [0.29, 0.717) is 28.7 Å². The van der Waals surface area contributed by atoms with Gasteiger partial charge >= 0.3 is 0 Å². The van der Waals surface area contributed by atoms with Crippen molar-refractivity contribution in [2.45, 2.75) is 49.0 Å². The fourth-order valence-corrected chi connectivity index (χ4v) is 3.29. The largest absolute Gasteiger partial charge is 0.310 e. The summed E-state index contributed by atoms with van der Waals surface area (Å²) < 4.78 is 32.8. The van der Waals surface area contributed by atoms with Crippen LogP contribution in [0.1, 0.15) is 32.2 Å². The Bertz CT molecular complexity index is 591. The lowest BCUT2D eigenvalue weighted by Gasteiger charge is -2.10. The molecule has 0 bridgehead atoms. The molecule has 0 saturated carbocycles. The average Bonchev–Trinajstić information content (AvgIpc) is 2.88. The lowest BCUT2D eigenvalue weighted by atomic mass is 10.2. The SMILES string of the molecule is CCc1nsc(Sc2c(F)cc(CNC(C)C)cc2F)n1. The van der Waals surface area contributed by atoms with Crippen molar-refractivity contribution in [3.8, 4) is 0 Å². The molecule has 0 aliphatic rings. The molecule has 0 aliphatic heterocycles. The van der Waals surface area contributed by atoms with Gasteiger partial charge in [-0.15, -0.1) is 0 Å². The summed E-state index contributed by atoms with van der Waals surface area (Å²) in [5.74, 6) is -0.427. The van der Waals surface area contributed by atoms with Crippen molar-refractivity contribution >= 4 is 23.3 Å². The number of rotatable bonds is 6. The van der Waals surface area contributed by atoms with Gasteiger partial charge in [-0.3, -0.25) is 0 Å². The third kappa shape index (κ3) is 4.46. The molecule has 0 radical (unpaired) electrons. The Morgan fingerprint density at radius 3 is 2.48 bits per heavy atom. The summed E-state index contributed by atoms with van der Waals surface area (Å²) in [6.45, 7) is 6.35. The van der Waals surface area contributed by atoms with E-state index in [2.05, 4.69) is 14.7 Å². The van der Waals surface area contributed by atoms with E-state index in [0.717, 1.165) is 23.3 Å². The van der Waals surface area contributed by atoms with Crippen molar-refractivity contribution < 1.29 is 8.78 Å². The van der Waals surface area contributed by atoms with E-state index in [1.165, 1.54) is 12.1 Å². The second-order valence-corrected chi connectivity index (χ2v) is 6.87. The number of hydrogen-bond donors (Lipinski definition) is 1. The van der Waals surface area contributed by atoms with Crippen LogP contribution in [-0.4, -0.2) is 15.4 Å². The molecule has 0 spiro atoms. The van der Waals surface area contributed by atoms with Gasteiger partial charge in [0.15, 0.2) is 4.34 Å². The maximum atomic E-state index is 14.1. The second-order valence-electron chi connectivity index (χ2n) is 4.86. The number of aromatic nitrogens is 2. The number of aryl methyl sites for hydroxylation is 1. The van der Waals surface area contributed by atoms with Crippen LogP contribution >= 0.6 is 23.3 Å². The van der Waals surface area contributed by atoms with E-state index >= 15 is 0 Å². The number of nitrogens with zero attached hydrogens (tertiary/aromatic N) is 2. The molecule has 0 amide bonds. The topological polar surface area (TPSA) is 37.8 Å². The molecule has 0 atom stereocenters. The molecule has 2 rings (SSSR count). The first kappa shape index (κ1) is 16.3. The van der Waals surface area contributed by atoms with E-state index in [-0.39, 0.29) is 10.9 Å². The summed E-state index contributed by atoms with van der Waals surface area (Å²) in [6.07, 6.45) is 0.710. The first-order chi connectivity index (χ1) is 9.99. The molecule has 1 heterocycles. The van der Waals surface area contributed by atoms with Crippen LogP contribution in [0.2, 0.25) is 0 Å². The van der Waals surface area contributed by atoms with Gasteiger partial charge in [0.2, 0.25) is 0 Å². The van der Waals surface area contributed by atoms with Crippen molar-refractivity contribution in [3.63, 3.8) is 0 Å². The Labute approximate surface area is 131 Å². The van der Waals surface area contributed by atoms with Gasteiger partial charge in [-0.1, -0.05) is 32.5 Å². The zero-order valence-electron chi connectivity index (χ0n) is 12.1. The van der Waals surface area contributed by atoms with Crippen LogP contribution in [0.3, 0.4) is 0 Å². The van der Waals surface area contributed by atoms with Crippen LogP contribution in [0.15, 0.2) is 21.4 Å². The predicted molar refractivity (Wildman–Crippen MR) is 81.7 cm³/mol. The highest BCUT2D eigenvalue weighted by Gasteiger charge is 2.15. The van der Waals surface area contributed by atoms with E-state index in [9.17, 15) is 8.78 Å². The Kier molecular flexibility index (Phi) is 5.66. The van der Waals surface area contributed by atoms with Crippen molar-refractivity contribution in [3.05, 3.63) is 35.2 Å². The maximum Gasteiger partial charge on any atom is 0.175 e. The fourth-order valence-electron chi connectivity index (χ4n) is 1.64. The number of nitrogens with one attached hydrogen (secondary N) is 1. The number of hydrogen-bond acceptors (Lipinski definition) is 5. The summed E-state index contributed by atoms with van der Waals surface area (Å²) in [5.41, 5.74) is 0.592. The quantitative estimate of drug-likeness (QED) is 0.868. The van der Waals surface area contributed by atoms with Crippen LogP contribution in [0.5, 0.6) is 0 Å². The van der Waals surface area contributed by atoms with Gasteiger partial charge in [0.25, 0.3) is 0 Å². The van der Waals surface area contributed by atoms with Gasteiger partial charge < -0.3 is 5.32 Å². The molecular weight excluding hydrogens is 312 g/mol. The van der Waals surface area contributed by atoms with Gasteiger partial charge in [0.1, 0.15) is 17.5 Å². The Morgan fingerprint density at radius 2 is 1.95 bits per heavy atom. The first-order valence-electron chi connectivity index (χ1n) is 6.71. The van der Waals surface area contributed by atoms with Gasteiger partial charge in [-0.25, -0.2) is 13.8 Å². The van der Waals surface area contributed by atoms with Gasteiger partial charge in [-0.2, -0.15) is 4.37 Å². The standard InChI is InChI=1S/C14H17F2N3S2/c1-4-12-18-14(21-19-12)20-13-10(15)5-9(6-11(13)16)7-17-8(2)3/h5-6,8,17H,4,7H2,1-3H3. The molecular formula is C14H17F2N3S2. The van der Waals surface area contributed by atoms with Crippen LogP contribution < -0.4 is 5.32 Å². The zero-order chi connectivity index (χ0) is 15.4. The van der Waals surface area contributed by atoms with Crippen LogP contribution in [0.25, 0.3) is 0 Å². The van der Waals surface area contributed by atoms with Crippen molar-refractivity contribution in [1.29, 1.82) is 0 Å². The molecule has 0 unspecified atom stereocenters. The van der Waals surface area contributed by atoms with E-state index < -0.39 is 11.6 Å². The lowest BCUT2D eigenvalue weighted by molar-refractivity contribution is 0.529. The van der Waals surface area contributed by atoms with Crippen LogP contribution in [-0.2, 0) is 13.0 Å². The Balaban J connectivity index is 2.16. The third-order valence-corrected chi connectivity index (χ3v) is 4.61. The van der Waals surface area contributed by atoms with Crippen molar-refractivity contribution in [1.82, 2.24) is 14.7 Å². The Hall–Kier alpha value is -1.05. The molecule has 3 nitrogen and oxygen atoms in total. The predicted octanol–water partition coefficient (Wildman–Crippen LogP) is 4.03. The molecule has 114 valence electrons. The summed E-state index contributed by atoms with van der Waals surface area (Å²) in [5, 5.41) is 3.14. The lowest BCUT2D eigenvalue weighted by Crippen LogP contribution is -2.22. The molecule has 1 N–H and O–H groups in total. The van der Waals surface area contributed by atoms with E-state index in [1.54, 1.807) is 0 Å². The highest BCUT2D eigenvalue weighted by atomic mass is 32.2. The third-order valence-electron chi connectivity index (χ3n) is 2.73. The number of benzene rings is 1. The minimum absolute atomic E-state index is 0.0258. The normalized spacial score (nSPS) is 11.3. The first-order valence-corrected chi connectivity index (χ1v) is 8.30. The van der Waals surface area contributed by atoms with Crippen molar-refractivity contribution in [2.75, 3.05) is 0 Å². The average molecular weight is 329 g/mol. The maximum absolute atomic E-state index is 14.1. The van der Waals surface area contributed by atoms with Crippen LogP contribution in [0.4, 0.5) is 8.78 Å². The monoisotopic (exact) mass is 329 g/mol. The molecule has 2 aromatic rings. The molecule has 0 aliphatic carbocycles. The molecule has 7 heteroatoms. The Morgan fingerprint density at radius 1 is 1.29 bits per heavy atom. The van der Waals surface area contributed by atoms with E-state index in [4.69, 9.17) is 0 Å². The van der Waals surface area contributed by atoms with Gasteiger partial charge in [0.05, 0.1) is 4.90 Å². The second kappa shape index (κ2) is 7.29. The molecule has 21 heavy (non-hydrogen) atoms. The smallest absolute Gasteiger partial charge is 0.175 e. The molecule has 1 aromatic heterocycles. The summed E-state index contributed by atoms with van der Waals surface area (Å²) in [7, 11) is 0. The number of halogens is 2. The molecule has 1 aromatic carbocycles. The van der Waals surface area contributed by atoms with Crippen molar-refractivity contribution in [2.24, 2.45) is 0 Å². The highest BCUT2D eigenvalue weighted by molar-refractivity contribution is 8.01. The summed E-state index contributed by atoms with van der Waals surface area (Å²) >= 11 is 2.15. The zero-order valence-corrected chi connectivity index (χ0v) is 13.7. The van der Waals surface area contributed by atoms with E-state index in [1.807, 2.05) is 20.8 Å². The molecule has 0 fully saturated rings. The molecule has 0 saturated heterocycles.